The summed E-state index contributed by atoms with van der Waals surface area (Å²) < 4.78 is 25.2. The van der Waals surface area contributed by atoms with Crippen molar-refractivity contribution in [2.45, 2.75) is 38.1 Å². The van der Waals surface area contributed by atoms with Crippen molar-refractivity contribution in [1.29, 1.82) is 0 Å². The Bertz CT molecular complexity index is 594. The summed E-state index contributed by atoms with van der Waals surface area (Å²) in [6.07, 6.45) is 7.35. The third-order valence-electron chi connectivity index (χ3n) is 4.44. The summed E-state index contributed by atoms with van der Waals surface area (Å²) in [5.41, 5.74) is 3.34. The van der Waals surface area contributed by atoms with Gasteiger partial charge in [-0.1, -0.05) is 12.5 Å². The monoisotopic (exact) mass is 294 g/mol. The van der Waals surface area contributed by atoms with Crippen LogP contribution in [0.25, 0.3) is 0 Å². The molecule has 5 heteroatoms. The van der Waals surface area contributed by atoms with Crippen LogP contribution < -0.4 is 4.72 Å². The van der Waals surface area contributed by atoms with Gasteiger partial charge in [0.1, 0.15) is 0 Å². The van der Waals surface area contributed by atoms with E-state index in [1.54, 1.807) is 0 Å². The quantitative estimate of drug-likeness (QED) is 0.928. The van der Waals surface area contributed by atoms with Gasteiger partial charge < -0.3 is 0 Å². The van der Waals surface area contributed by atoms with Crippen LogP contribution in [0.3, 0.4) is 0 Å². The average molecular weight is 294 g/mol. The van der Waals surface area contributed by atoms with Gasteiger partial charge in [-0.05, 0) is 48.9 Å². The molecule has 3 rings (SSSR count). The first-order valence-electron chi connectivity index (χ1n) is 7.35. The SMILES string of the molecule is CS(=O)(=O)Nc1ccc2c(c1)CCN(C1CCC1)CC2. The molecular formula is C15H22N2O2S. The fraction of sp³-hybridized carbons (Fsp3) is 0.600. The van der Waals surface area contributed by atoms with Gasteiger partial charge in [-0.25, -0.2) is 8.42 Å². The Balaban J connectivity index is 1.74. The number of nitrogens with one attached hydrogen (secondary N) is 1. The highest BCUT2D eigenvalue weighted by Crippen LogP contribution is 2.28. The minimum absolute atomic E-state index is 0.684. The largest absolute Gasteiger partial charge is 0.300 e. The zero-order valence-corrected chi connectivity index (χ0v) is 12.7. The first-order chi connectivity index (χ1) is 9.51. The molecule has 110 valence electrons. The van der Waals surface area contributed by atoms with Crippen molar-refractivity contribution in [1.82, 2.24) is 4.90 Å². The molecule has 1 fully saturated rings. The van der Waals surface area contributed by atoms with Crippen LogP contribution in [0.4, 0.5) is 5.69 Å². The fourth-order valence-corrected chi connectivity index (χ4v) is 3.69. The molecule has 0 amide bonds. The Morgan fingerprint density at radius 1 is 1.15 bits per heavy atom. The molecule has 1 saturated carbocycles. The topological polar surface area (TPSA) is 49.4 Å². The van der Waals surface area contributed by atoms with Crippen LogP contribution in [0, 0.1) is 0 Å². The van der Waals surface area contributed by atoms with E-state index < -0.39 is 10.0 Å². The highest BCUT2D eigenvalue weighted by Gasteiger charge is 2.26. The lowest BCUT2D eigenvalue weighted by molar-refractivity contribution is 0.133. The molecule has 0 bridgehead atoms. The van der Waals surface area contributed by atoms with E-state index in [0.29, 0.717) is 5.69 Å². The first-order valence-corrected chi connectivity index (χ1v) is 9.24. The molecule has 0 saturated heterocycles. The standard InChI is InChI=1S/C15H22N2O2S/c1-20(18,19)16-14-6-5-12-7-9-17(15-3-2-4-15)10-8-13(12)11-14/h5-6,11,15-16H,2-4,7-10H2,1H3. The summed E-state index contributed by atoms with van der Waals surface area (Å²) in [6.45, 7) is 2.23. The molecular weight excluding hydrogens is 272 g/mol. The second kappa shape index (κ2) is 5.37. The zero-order valence-electron chi connectivity index (χ0n) is 11.9. The van der Waals surface area contributed by atoms with E-state index in [4.69, 9.17) is 0 Å². The van der Waals surface area contributed by atoms with Crippen LogP contribution >= 0.6 is 0 Å². The Morgan fingerprint density at radius 2 is 1.85 bits per heavy atom. The van der Waals surface area contributed by atoms with Crippen molar-refractivity contribution >= 4 is 15.7 Å². The van der Waals surface area contributed by atoms with Gasteiger partial charge in [0.15, 0.2) is 0 Å². The van der Waals surface area contributed by atoms with E-state index in [9.17, 15) is 8.42 Å². The minimum atomic E-state index is -3.19. The smallest absolute Gasteiger partial charge is 0.229 e. The second-order valence-electron chi connectivity index (χ2n) is 5.98. The highest BCUT2D eigenvalue weighted by atomic mass is 32.2. The Morgan fingerprint density at radius 3 is 2.45 bits per heavy atom. The van der Waals surface area contributed by atoms with Gasteiger partial charge in [0.05, 0.1) is 6.26 Å². The molecule has 1 aromatic carbocycles. The van der Waals surface area contributed by atoms with Crippen LogP contribution in [0.1, 0.15) is 30.4 Å². The zero-order chi connectivity index (χ0) is 14.2. The van der Waals surface area contributed by atoms with Crippen LogP contribution in [0.2, 0.25) is 0 Å². The van der Waals surface area contributed by atoms with Gasteiger partial charge in [0.25, 0.3) is 0 Å². The molecule has 0 unspecified atom stereocenters. The lowest BCUT2D eigenvalue weighted by atomic mass is 9.91. The second-order valence-corrected chi connectivity index (χ2v) is 7.73. The van der Waals surface area contributed by atoms with Gasteiger partial charge in [-0.3, -0.25) is 9.62 Å². The summed E-state index contributed by atoms with van der Waals surface area (Å²) in [4.78, 5) is 2.60. The van der Waals surface area contributed by atoms with Gasteiger partial charge in [0, 0.05) is 24.8 Å². The maximum Gasteiger partial charge on any atom is 0.229 e. The Hall–Kier alpha value is -1.07. The van der Waals surface area contributed by atoms with Gasteiger partial charge in [-0.2, -0.15) is 0 Å². The lowest BCUT2D eigenvalue weighted by Gasteiger charge is -2.36. The number of nitrogens with zero attached hydrogens (tertiary/aromatic N) is 1. The maximum atomic E-state index is 11.3. The van der Waals surface area contributed by atoms with Crippen LogP contribution in [-0.2, 0) is 22.9 Å². The molecule has 20 heavy (non-hydrogen) atoms. The molecule has 1 aliphatic heterocycles. The third kappa shape index (κ3) is 3.15. The molecule has 1 N–H and O–H groups in total. The predicted octanol–water partition coefficient (Wildman–Crippen LogP) is 2.01. The third-order valence-corrected chi connectivity index (χ3v) is 5.04. The van der Waals surface area contributed by atoms with Gasteiger partial charge in [0.2, 0.25) is 10.0 Å². The van der Waals surface area contributed by atoms with E-state index >= 15 is 0 Å². The number of hydrogen-bond donors (Lipinski definition) is 1. The molecule has 4 nitrogen and oxygen atoms in total. The number of anilines is 1. The molecule has 2 aliphatic rings. The highest BCUT2D eigenvalue weighted by molar-refractivity contribution is 7.92. The fourth-order valence-electron chi connectivity index (χ4n) is 3.14. The number of sulfonamides is 1. The number of fused-ring (bicyclic) bond motifs is 1. The molecule has 1 heterocycles. The number of hydrogen-bond acceptors (Lipinski definition) is 3. The van der Waals surface area contributed by atoms with Crippen molar-refractivity contribution in [2.24, 2.45) is 0 Å². The van der Waals surface area contributed by atoms with E-state index in [2.05, 4.69) is 15.7 Å². The van der Waals surface area contributed by atoms with Gasteiger partial charge in [-0.15, -0.1) is 0 Å². The molecule has 0 radical (unpaired) electrons. The summed E-state index contributed by atoms with van der Waals surface area (Å²) in [6, 6.07) is 6.74. The molecule has 1 aromatic rings. The predicted molar refractivity (Wildman–Crippen MR) is 81.5 cm³/mol. The first kappa shape index (κ1) is 13.9. The minimum Gasteiger partial charge on any atom is -0.300 e. The van der Waals surface area contributed by atoms with Crippen LogP contribution in [0.5, 0.6) is 0 Å². The van der Waals surface area contributed by atoms with Crippen LogP contribution in [0.15, 0.2) is 18.2 Å². The van der Waals surface area contributed by atoms with Crippen molar-refractivity contribution in [3.05, 3.63) is 29.3 Å². The molecule has 0 aromatic heterocycles. The van der Waals surface area contributed by atoms with Crippen molar-refractivity contribution < 1.29 is 8.42 Å². The molecule has 1 aliphatic carbocycles. The molecule has 0 spiro atoms. The molecule has 0 atom stereocenters. The lowest BCUT2D eigenvalue weighted by Crippen LogP contribution is -2.41. The van der Waals surface area contributed by atoms with E-state index in [-0.39, 0.29) is 0 Å². The number of rotatable bonds is 3. The van der Waals surface area contributed by atoms with E-state index in [1.807, 2.05) is 12.1 Å². The number of benzene rings is 1. The normalized spacial score (nSPS) is 20.9. The average Bonchev–Trinajstić information content (AvgIpc) is 2.48. The van der Waals surface area contributed by atoms with Crippen molar-refractivity contribution in [3.63, 3.8) is 0 Å². The maximum absolute atomic E-state index is 11.3. The summed E-state index contributed by atoms with van der Waals surface area (Å²) >= 11 is 0. The van der Waals surface area contributed by atoms with Crippen molar-refractivity contribution in [2.75, 3.05) is 24.1 Å². The van der Waals surface area contributed by atoms with Crippen LogP contribution in [-0.4, -0.2) is 38.7 Å². The van der Waals surface area contributed by atoms with Crippen molar-refractivity contribution in [3.8, 4) is 0 Å². The summed E-state index contributed by atoms with van der Waals surface area (Å²) in [5.74, 6) is 0. The van der Waals surface area contributed by atoms with E-state index in [0.717, 1.165) is 32.0 Å². The Kier molecular flexibility index (Phi) is 3.73. The summed E-state index contributed by atoms with van der Waals surface area (Å²) in [7, 11) is -3.19. The Labute approximate surface area is 121 Å². The summed E-state index contributed by atoms with van der Waals surface area (Å²) in [5, 5.41) is 0. The van der Waals surface area contributed by atoms with E-state index in [1.165, 1.54) is 36.6 Å². The van der Waals surface area contributed by atoms with Gasteiger partial charge >= 0.3 is 0 Å².